The summed E-state index contributed by atoms with van der Waals surface area (Å²) in [4.78, 5) is 25.9. The SMILES string of the molecule is CCN(CC)C(=O)Cn1ccc2cc(NC(=O)CCNC)ccc21.Cl. The van der Waals surface area contributed by atoms with Crippen LogP contribution in [0.3, 0.4) is 0 Å². The number of nitrogens with one attached hydrogen (secondary N) is 2. The van der Waals surface area contributed by atoms with Crippen molar-refractivity contribution in [3.05, 3.63) is 30.5 Å². The second kappa shape index (κ2) is 10.1. The number of halogens is 1. The van der Waals surface area contributed by atoms with Crippen LogP contribution in [-0.4, -0.2) is 48.0 Å². The van der Waals surface area contributed by atoms with Crippen molar-refractivity contribution in [3.63, 3.8) is 0 Å². The first-order chi connectivity index (χ1) is 11.6. The summed E-state index contributed by atoms with van der Waals surface area (Å²) in [5.41, 5.74) is 1.76. The molecule has 2 aromatic rings. The third-order valence-corrected chi connectivity index (χ3v) is 4.08. The number of benzene rings is 1. The lowest BCUT2D eigenvalue weighted by molar-refractivity contribution is -0.131. The molecule has 0 aliphatic carbocycles. The lowest BCUT2D eigenvalue weighted by Gasteiger charge is -2.19. The summed E-state index contributed by atoms with van der Waals surface area (Å²) < 4.78 is 1.95. The Bertz CT molecular complexity index is 710. The minimum absolute atomic E-state index is 0. The van der Waals surface area contributed by atoms with Gasteiger partial charge in [0.25, 0.3) is 0 Å². The molecule has 2 N–H and O–H groups in total. The smallest absolute Gasteiger partial charge is 0.242 e. The van der Waals surface area contributed by atoms with Gasteiger partial charge in [-0.25, -0.2) is 0 Å². The Labute approximate surface area is 155 Å². The zero-order valence-corrected chi connectivity index (χ0v) is 15.9. The molecule has 2 amide bonds. The van der Waals surface area contributed by atoms with Gasteiger partial charge in [-0.15, -0.1) is 12.4 Å². The largest absolute Gasteiger partial charge is 0.342 e. The quantitative estimate of drug-likeness (QED) is 0.754. The standard InChI is InChI=1S/C18H26N4O2.ClH/c1-4-21(5-2)18(24)13-22-11-9-14-12-15(6-7-16(14)22)20-17(23)8-10-19-3;/h6-7,9,11-12,19H,4-5,8,10,13H2,1-3H3,(H,20,23);1H. The lowest BCUT2D eigenvalue weighted by Crippen LogP contribution is -2.33. The Morgan fingerprint density at radius 2 is 1.88 bits per heavy atom. The number of hydrogen-bond donors (Lipinski definition) is 2. The molecule has 0 spiro atoms. The van der Waals surface area contributed by atoms with Gasteiger partial charge >= 0.3 is 0 Å². The second-order valence-corrected chi connectivity index (χ2v) is 5.68. The molecular formula is C18H27ClN4O2. The van der Waals surface area contributed by atoms with E-state index in [1.165, 1.54) is 0 Å². The van der Waals surface area contributed by atoms with Crippen LogP contribution >= 0.6 is 12.4 Å². The van der Waals surface area contributed by atoms with Gasteiger partial charge in [0.05, 0.1) is 0 Å². The number of rotatable bonds is 8. The number of amides is 2. The van der Waals surface area contributed by atoms with Gasteiger partial charge in [0, 0.05) is 48.8 Å². The molecule has 1 aromatic heterocycles. The summed E-state index contributed by atoms with van der Waals surface area (Å²) in [6, 6.07) is 7.72. The molecule has 0 aliphatic rings. The number of fused-ring (bicyclic) bond motifs is 1. The first-order valence-corrected chi connectivity index (χ1v) is 8.40. The molecule has 0 aliphatic heterocycles. The fourth-order valence-corrected chi connectivity index (χ4v) is 2.70. The summed E-state index contributed by atoms with van der Waals surface area (Å²) in [5.74, 6) is 0.0989. The number of nitrogens with zero attached hydrogens (tertiary/aromatic N) is 2. The minimum Gasteiger partial charge on any atom is -0.342 e. The molecule has 138 valence electrons. The Kier molecular flexibility index (Phi) is 8.45. The van der Waals surface area contributed by atoms with Crippen LogP contribution in [-0.2, 0) is 16.1 Å². The maximum absolute atomic E-state index is 12.3. The van der Waals surface area contributed by atoms with Crippen molar-refractivity contribution in [1.82, 2.24) is 14.8 Å². The van der Waals surface area contributed by atoms with Gasteiger partial charge in [-0.05, 0) is 45.2 Å². The Balaban J connectivity index is 0.00000312. The molecule has 0 unspecified atom stereocenters. The van der Waals surface area contributed by atoms with E-state index in [0.717, 1.165) is 29.7 Å². The molecule has 2 rings (SSSR count). The highest BCUT2D eigenvalue weighted by Crippen LogP contribution is 2.21. The van der Waals surface area contributed by atoms with E-state index in [9.17, 15) is 9.59 Å². The maximum Gasteiger partial charge on any atom is 0.242 e. The van der Waals surface area contributed by atoms with E-state index >= 15 is 0 Å². The molecule has 0 atom stereocenters. The lowest BCUT2D eigenvalue weighted by atomic mass is 10.2. The van der Waals surface area contributed by atoms with Crippen molar-refractivity contribution in [3.8, 4) is 0 Å². The van der Waals surface area contributed by atoms with E-state index in [1.54, 1.807) is 0 Å². The van der Waals surface area contributed by atoms with Crippen molar-refractivity contribution < 1.29 is 9.59 Å². The van der Waals surface area contributed by atoms with Crippen LogP contribution in [0.5, 0.6) is 0 Å². The maximum atomic E-state index is 12.3. The summed E-state index contributed by atoms with van der Waals surface area (Å²) >= 11 is 0. The molecule has 0 fully saturated rings. The number of likely N-dealkylation sites (N-methyl/N-ethyl adjacent to an activating group) is 1. The van der Waals surface area contributed by atoms with E-state index in [0.29, 0.717) is 19.5 Å². The van der Waals surface area contributed by atoms with Gasteiger partial charge in [-0.2, -0.15) is 0 Å². The van der Waals surface area contributed by atoms with Crippen LogP contribution in [0.15, 0.2) is 30.5 Å². The fraction of sp³-hybridized carbons (Fsp3) is 0.444. The van der Waals surface area contributed by atoms with Gasteiger partial charge < -0.3 is 20.1 Å². The third kappa shape index (κ3) is 5.47. The van der Waals surface area contributed by atoms with Gasteiger partial charge in [-0.3, -0.25) is 9.59 Å². The summed E-state index contributed by atoms with van der Waals surface area (Å²) in [6.07, 6.45) is 2.35. The highest BCUT2D eigenvalue weighted by molar-refractivity contribution is 5.94. The summed E-state index contributed by atoms with van der Waals surface area (Å²) in [5, 5.41) is 6.85. The van der Waals surface area contributed by atoms with Gasteiger partial charge in [-0.1, -0.05) is 0 Å². The zero-order chi connectivity index (χ0) is 17.5. The zero-order valence-electron chi connectivity index (χ0n) is 15.0. The van der Waals surface area contributed by atoms with Crippen LogP contribution in [0.4, 0.5) is 5.69 Å². The fourth-order valence-electron chi connectivity index (χ4n) is 2.70. The molecule has 6 nitrogen and oxygen atoms in total. The van der Waals surface area contributed by atoms with E-state index in [4.69, 9.17) is 0 Å². The van der Waals surface area contributed by atoms with Crippen LogP contribution in [0, 0.1) is 0 Å². The van der Waals surface area contributed by atoms with Crippen molar-refractivity contribution in [2.75, 3.05) is 32.0 Å². The molecule has 0 saturated heterocycles. The third-order valence-electron chi connectivity index (χ3n) is 4.08. The molecule has 7 heteroatoms. The Morgan fingerprint density at radius 3 is 2.52 bits per heavy atom. The summed E-state index contributed by atoms with van der Waals surface area (Å²) in [7, 11) is 1.82. The van der Waals surface area contributed by atoms with E-state index < -0.39 is 0 Å². The van der Waals surface area contributed by atoms with Crippen LogP contribution in [0.2, 0.25) is 0 Å². The van der Waals surface area contributed by atoms with Crippen molar-refractivity contribution >= 4 is 40.8 Å². The van der Waals surface area contributed by atoms with Gasteiger partial charge in [0.2, 0.25) is 11.8 Å². The average Bonchev–Trinajstić information content (AvgIpc) is 2.96. The predicted octanol–water partition coefficient (Wildman–Crippen LogP) is 2.48. The van der Waals surface area contributed by atoms with Gasteiger partial charge in [0.1, 0.15) is 6.54 Å². The number of carbonyl (C=O) groups is 2. The van der Waals surface area contributed by atoms with Crippen molar-refractivity contribution in [2.45, 2.75) is 26.8 Å². The van der Waals surface area contributed by atoms with Gasteiger partial charge in [0.15, 0.2) is 0 Å². The molecule has 0 radical (unpaired) electrons. The van der Waals surface area contributed by atoms with E-state index in [1.807, 2.05) is 60.8 Å². The monoisotopic (exact) mass is 366 g/mol. The van der Waals surface area contributed by atoms with E-state index in [2.05, 4.69) is 10.6 Å². The normalized spacial score (nSPS) is 10.4. The van der Waals surface area contributed by atoms with E-state index in [-0.39, 0.29) is 24.2 Å². The minimum atomic E-state index is -0.0140. The number of carbonyl (C=O) groups excluding carboxylic acids is 2. The molecule has 1 aromatic carbocycles. The number of hydrogen-bond acceptors (Lipinski definition) is 3. The highest BCUT2D eigenvalue weighted by Gasteiger charge is 2.12. The van der Waals surface area contributed by atoms with Crippen molar-refractivity contribution in [1.29, 1.82) is 0 Å². The predicted molar refractivity (Wildman–Crippen MR) is 104 cm³/mol. The second-order valence-electron chi connectivity index (χ2n) is 5.68. The molecule has 0 bridgehead atoms. The molecule has 1 heterocycles. The Hall–Kier alpha value is -2.05. The Morgan fingerprint density at radius 1 is 1.16 bits per heavy atom. The topological polar surface area (TPSA) is 66.4 Å². The number of anilines is 1. The highest BCUT2D eigenvalue weighted by atomic mass is 35.5. The first kappa shape index (κ1) is 21.0. The first-order valence-electron chi connectivity index (χ1n) is 8.40. The van der Waals surface area contributed by atoms with Crippen LogP contribution in [0.1, 0.15) is 20.3 Å². The summed E-state index contributed by atoms with van der Waals surface area (Å²) in [6.45, 7) is 6.39. The number of aromatic nitrogens is 1. The van der Waals surface area contributed by atoms with Crippen LogP contribution in [0.25, 0.3) is 10.9 Å². The molecular weight excluding hydrogens is 340 g/mol. The molecule has 25 heavy (non-hydrogen) atoms. The van der Waals surface area contributed by atoms with Crippen LogP contribution < -0.4 is 10.6 Å². The van der Waals surface area contributed by atoms with Crippen molar-refractivity contribution in [2.24, 2.45) is 0 Å². The average molecular weight is 367 g/mol. The molecule has 0 saturated carbocycles.